The molecular weight excluding hydrogens is 386 g/mol. The lowest BCUT2D eigenvalue weighted by atomic mass is 10.2. The van der Waals surface area contributed by atoms with Gasteiger partial charge in [-0.1, -0.05) is 0 Å². The topological polar surface area (TPSA) is 101 Å². The van der Waals surface area contributed by atoms with E-state index in [2.05, 4.69) is 15.6 Å². The molecule has 0 aliphatic heterocycles. The van der Waals surface area contributed by atoms with Gasteiger partial charge in [-0.05, 0) is 36.4 Å². The van der Waals surface area contributed by atoms with Crippen molar-refractivity contribution in [3.8, 4) is 11.5 Å². The number of hydrogen-bond acceptors (Lipinski definition) is 6. The minimum atomic E-state index is -1.08. The highest BCUT2D eigenvalue weighted by Gasteiger charge is 2.13. The molecule has 0 aliphatic rings. The van der Waals surface area contributed by atoms with Crippen LogP contribution in [0, 0.1) is 0 Å². The summed E-state index contributed by atoms with van der Waals surface area (Å²) in [6, 6.07) is 10.1. The molecule has 7 nitrogen and oxygen atoms in total. The number of anilines is 1. The molecule has 0 aliphatic carbocycles. The fourth-order valence-corrected chi connectivity index (χ4v) is 3.45. The Kier molecular flexibility index (Phi) is 5.82. The van der Waals surface area contributed by atoms with Gasteiger partial charge in [-0.25, -0.2) is 4.98 Å². The van der Waals surface area contributed by atoms with Gasteiger partial charge in [0.2, 0.25) is 5.91 Å². The Labute approximate surface area is 162 Å². The van der Waals surface area contributed by atoms with E-state index < -0.39 is 10.8 Å². The van der Waals surface area contributed by atoms with Crippen LogP contribution >= 0.6 is 11.3 Å². The highest BCUT2D eigenvalue weighted by atomic mass is 32.2. The maximum absolute atomic E-state index is 12.3. The molecule has 27 heavy (non-hydrogen) atoms. The molecule has 0 fully saturated rings. The molecule has 3 rings (SSSR count). The number of aromatic nitrogens is 1. The fraction of sp³-hybridized carbons (Fsp3) is 0.167. The van der Waals surface area contributed by atoms with Crippen LogP contribution in [-0.4, -0.2) is 27.3 Å². The number of benzene rings is 1. The second-order valence-corrected chi connectivity index (χ2v) is 7.88. The summed E-state index contributed by atoms with van der Waals surface area (Å²) in [5.74, 6) is 0.744. The van der Waals surface area contributed by atoms with Gasteiger partial charge < -0.3 is 9.73 Å². The van der Waals surface area contributed by atoms with Crippen molar-refractivity contribution in [3.63, 3.8) is 0 Å². The third kappa shape index (κ3) is 4.89. The van der Waals surface area contributed by atoms with Gasteiger partial charge in [-0.15, -0.1) is 11.3 Å². The van der Waals surface area contributed by atoms with Crippen molar-refractivity contribution in [1.82, 2.24) is 10.3 Å². The quantitative estimate of drug-likeness (QED) is 0.659. The van der Waals surface area contributed by atoms with Gasteiger partial charge in [0, 0.05) is 39.8 Å². The molecule has 9 heteroatoms. The van der Waals surface area contributed by atoms with Gasteiger partial charge in [0.05, 0.1) is 6.54 Å². The van der Waals surface area contributed by atoms with E-state index in [1.54, 1.807) is 48.0 Å². The lowest BCUT2D eigenvalue weighted by Gasteiger charge is -2.02. The summed E-state index contributed by atoms with van der Waals surface area (Å²) in [4.78, 5) is 28.3. The van der Waals surface area contributed by atoms with Crippen LogP contribution in [0.3, 0.4) is 0 Å². The van der Waals surface area contributed by atoms with Crippen molar-refractivity contribution in [2.75, 3.05) is 11.6 Å². The SMILES string of the molecule is CC(=O)NCc1ccc(-c2csc(NC(=O)c3ccc(S(C)=O)cc3)n2)o1. The van der Waals surface area contributed by atoms with Gasteiger partial charge in [0.15, 0.2) is 10.9 Å². The minimum Gasteiger partial charge on any atom is -0.458 e. The number of amides is 2. The maximum atomic E-state index is 12.3. The van der Waals surface area contributed by atoms with E-state index in [9.17, 15) is 13.8 Å². The summed E-state index contributed by atoms with van der Waals surface area (Å²) in [6.45, 7) is 1.75. The Hall–Kier alpha value is -2.78. The molecular formula is C18H17N3O4S2. The molecule has 140 valence electrons. The number of nitrogens with zero attached hydrogens (tertiary/aromatic N) is 1. The van der Waals surface area contributed by atoms with E-state index in [1.807, 2.05) is 0 Å². The maximum Gasteiger partial charge on any atom is 0.257 e. The number of carbonyl (C=O) groups is 2. The Morgan fingerprint density at radius 1 is 1.19 bits per heavy atom. The molecule has 0 radical (unpaired) electrons. The Bertz CT molecular complexity index is 992. The van der Waals surface area contributed by atoms with E-state index >= 15 is 0 Å². The van der Waals surface area contributed by atoms with Gasteiger partial charge in [0.1, 0.15) is 11.5 Å². The van der Waals surface area contributed by atoms with E-state index in [-0.39, 0.29) is 11.8 Å². The first-order valence-corrected chi connectivity index (χ1v) is 10.4. The van der Waals surface area contributed by atoms with Crippen LogP contribution in [0.15, 0.2) is 51.1 Å². The minimum absolute atomic E-state index is 0.134. The van der Waals surface area contributed by atoms with Crippen molar-refractivity contribution >= 4 is 39.1 Å². The lowest BCUT2D eigenvalue weighted by molar-refractivity contribution is -0.119. The summed E-state index contributed by atoms with van der Waals surface area (Å²) in [5.41, 5.74) is 1.05. The first kappa shape index (κ1) is 19.0. The zero-order valence-corrected chi connectivity index (χ0v) is 16.3. The molecule has 1 atom stereocenters. The van der Waals surface area contributed by atoms with Crippen LogP contribution in [0.5, 0.6) is 0 Å². The first-order valence-electron chi connectivity index (χ1n) is 7.96. The van der Waals surface area contributed by atoms with Crippen LogP contribution in [-0.2, 0) is 22.1 Å². The van der Waals surface area contributed by atoms with Crippen LogP contribution in [0.1, 0.15) is 23.0 Å². The number of thiazole rings is 1. The highest BCUT2D eigenvalue weighted by molar-refractivity contribution is 7.84. The molecule has 0 saturated heterocycles. The van der Waals surface area contributed by atoms with E-state index in [1.165, 1.54) is 18.3 Å². The third-order valence-electron chi connectivity index (χ3n) is 3.60. The van der Waals surface area contributed by atoms with Crippen LogP contribution in [0.2, 0.25) is 0 Å². The second kappa shape index (κ2) is 8.28. The smallest absolute Gasteiger partial charge is 0.257 e. The van der Waals surface area contributed by atoms with Crippen LogP contribution in [0.25, 0.3) is 11.5 Å². The lowest BCUT2D eigenvalue weighted by Crippen LogP contribution is -2.18. The normalized spacial score (nSPS) is 11.8. The Balaban J connectivity index is 1.66. The molecule has 1 aromatic carbocycles. The summed E-state index contributed by atoms with van der Waals surface area (Å²) in [5, 5.41) is 7.62. The third-order valence-corrected chi connectivity index (χ3v) is 5.29. The molecule has 2 heterocycles. The van der Waals surface area contributed by atoms with Crippen molar-refractivity contribution in [3.05, 3.63) is 53.1 Å². The standard InChI is InChI=1S/C18H17N3O4S2/c1-11(22)19-9-13-5-8-16(25-13)15-10-26-18(20-15)21-17(23)12-3-6-14(7-4-12)27(2)24/h3-8,10H,9H2,1-2H3,(H,19,22)(H,20,21,23). The monoisotopic (exact) mass is 403 g/mol. The van der Waals surface area contributed by atoms with Crippen molar-refractivity contribution in [2.45, 2.75) is 18.4 Å². The molecule has 0 saturated carbocycles. The largest absolute Gasteiger partial charge is 0.458 e. The predicted octanol–water partition coefficient (Wildman–Crippen LogP) is 3.03. The predicted molar refractivity (Wildman–Crippen MR) is 104 cm³/mol. The molecule has 3 aromatic rings. The van der Waals surface area contributed by atoms with Gasteiger partial charge in [0.25, 0.3) is 5.91 Å². The Morgan fingerprint density at radius 2 is 1.93 bits per heavy atom. The first-order chi connectivity index (χ1) is 12.9. The second-order valence-electron chi connectivity index (χ2n) is 5.65. The summed E-state index contributed by atoms with van der Waals surface area (Å²) in [7, 11) is -1.08. The number of rotatable bonds is 6. The van der Waals surface area contributed by atoms with E-state index in [4.69, 9.17) is 4.42 Å². The van der Waals surface area contributed by atoms with Crippen LogP contribution in [0.4, 0.5) is 5.13 Å². The van der Waals surface area contributed by atoms with Gasteiger partial charge in [-0.3, -0.25) is 19.1 Å². The van der Waals surface area contributed by atoms with Crippen molar-refractivity contribution in [2.24, 2.45) is 0 Å². The van der Waals surface area contributed by atoms with Crippen molar-refractivity contribution in [1.29, 1.82) is 0 Å². The highest BCUT2D eigenvalue weighted by Crippen LogP contribution is 2.27. The molecule has 1 unspecified atom stereocenters. The number of furan rings is 1. The zero-order valence-electron chi connectivity index (χ0n) is 14.6. The number of carbonyl (C=O) groups excluding carboxylic acids is 2. The average Bonchev–Trinajstić information content (AvgIpc) is 3.29. The molecule has 2 aromatic heterocycles. The fourth-order valence-electron chi connectivity index (χ4n) is 2.23. The number of nitrogens with one attached hydrogen (secondary N) is 2. The van der Waals surface area contributed by atoms with Gasteiger partial charge in [-0.2, -0.15) is 0 Å². The van der Waals surface area contributed by atoms with E-state index in [0.717, 1.165) is 0 Å². The summed E-state index contributed by atoms with van der Waals surface area (Å²) in [6.07, 6.45) is 1.59. The Morgan fingerprint density at radius 3 is 2.59 bits per heavy atom. The molecule has 2 amide bonds. The molecule has 0 bridgehead atoms. The zero-order chi connectivity index (χ0) is 19.4. The van der Waals surface area contributed by atoms with Crippen LogP contribution < -0.4 is 10.6 Å². The summed E-state index contributed by atoms with van der Waals surface area (Å²) < 4.78 is 17.1. The molecule has 2 N–H and O–H groups in total. The number of hydrogen-bond donors (Lipinski definition) is 2. The summed E-state index contributed by atoms with van der Waals surface area (Å²) >= 11 is 1.28. The van der Waals surface area contributed by atoms with Crippen molar-refractivity contribution < 1.29 is 18.2 Å². The molecule has 0 spiro atoms. The van der Waals surface area contributed by atoms with E-state index in [0.29, 0.717) is 39.3 Å². The average molecular weight is 403 g/mol. The van der Waals surface area contributed by atoms with Gasteiger partial charge >= 0.3 is 0 Å².